The maximum atomic E-state index is 13.2. The molecule has 4 atom stereocenters. The van der Waals surface area contributed by atoms with Gasteiger partial charge in [0.05, 0.1) is 6.04 Å². The third kappa shape index (κ3) is 11.1. The van der Waals surface area contributed by atoms with E-state index in [2.05, 4.69) is 16.0 Å². The second-order valence-corrected chi connectivity index (χ2v) is 8.38. The number of rotatable bonds is 16. The summed E-state index contributed by atoms with van der Waals surface area (Å²) in [5.74, 6) is -4.55. The Balaban J connectivity index is 3.07. The molecule has 1 aromatic rings. The molecule has 0 aromatic heterocycles. The van der Waals surface area contributed by atoms with Crippen LogP contribution in [0.3, 0.4) is 0 Å². The second-order valence-electron chi connectivity index (χ2n) is 8.38. The number of carboxylic acids is 2. The highest BCUT2D eigenvalue weighted by molar-refractivity contribution is 5.94. The molecule has 0 fully saturated rings. The first-order valence-electron chi connectivity index (χ1n) is 11.5. The number of carbonyl (C=O) groups is 5. The molecule has 0 heterocycles. The summed E-state index contributed by atoms with van der Waals surface area (Å²) < 4.78 is 0. The van der Waals surface area contributed by atoms with Crippen LogP contribution in [-0.2, 0) is 30.4 Å². The monoisotopic (exact) mass is 509 g/mol. The van der Waals surface area contributed by atoms with Crippen LogP contribution in [0.1, 0.15) is 44.6 Å². The predicted octanol–water partition coefficient (Wildman–Crippen LogP) is -1.19. The molecular weight excluding hydrogens is 474 g/mol. The van der Waals surface area contributed by atoms with Gasteiger partial charge in [0, 0.05) is 12.8 Å². The molecule has 200 valence electrons. The van der Waals surface area contributed by atoms with Crippen molar-refractivity contribution < 1.29 is 39.3 Å². The van der Waals surface area contributed by atoms with Crippen molar-refractivity contribution in [3.63, 3.8) is 0 Å². The molecule has 0 aliphatic heterocycles. The van der Waals surface area contributed by atoms with Crippen molar-refractivity contribution in [3.05, 3.63) is 29.8 Å². The minimum Gasteiger partial charge on any atom is -0.508 e. The van der Waals surface area contributed by atoms with E-state index in [1.807, 2.05) is 0 Å². The molecular formula is C23H35N5O8. The van der Waals surface area contributed by atoms with E-state index in [4.69, 9.17) is 21.7 Å². The highest BCUT2D eigenvalue weighted by atomic mass is 16.4. The van der Waals surface area contributed by atoms with Crippen molar-refractivity contribution in [1.82, 2.24) is 16.0 Å². The lowest BCUT2D eigenvalue weighted by molar-refractivity contribution is -0.142. The van der Waals surface area contributed by atoms with Gasteiger partial charge in [-0.25, -0.2) is 0 Å². The average Bonchev–Trinajstić information content (AvgIpc) is 2.82. The van der Waals surface area contributed by atoms with Crippen molar-refractivity contribution in [1.29, 1.82) is 0 Å². The molecule has 3 amide bonds. The summed E-state index contributed by atoms with van der Waals surface area (Å²) in [5, 5.41) is 34.8. The maximum absolute atomic E-state index is 13.2. The van der Waals surface area contributed by atoms with E-state index in [1.165, 1.54) is 19.1 Å². The minimum atomic E-state index is -1.25. The van der Waals surface area contributed by atoms with Crippen LogP contribution >= 0.6 is 0 Å². The van der Waals surface area contributed by atoms with Crippen molar-refractivity contribution in [3.8, 4) is 5.75 Å². The summed E-state index contributed by atoms with van der Waals surface area (Å²) in [6.45, 7) is 1.65. The first-order chi connectivity index (χ1) is 16.9. The fraction of sp³-hybridized carbons (Fsp3) is 0.522. The third-order valence-electron chi connectivity index (χ3n) is 5.32. The predicted molar refractivity (Wildman–Crippen MR) is 129 cm³/mol. The van der Waals surface area contributed by atoms with E-state index in [-0.39, 0.29) is 31.4 Å². The fourth-order valence-electron chi connectivity index (χ4n) is 3.18. The Hall–Kier alpha value is -3.71. The van der Waals surface area contributed by atoms with E-state index in [9.17, 15) is 29.1 Å². The van der Waals surface area contributed by atoms with Gasteiger partial charge in [-0.2, -0.15) is 0 Å². The number of hydrogen-bond acceptors (Lipinski definition) is 8. The number of nitrogens with one attached hydrogen (secondary N) is 3. The largest absolute Gasteiger partial charge is 0.508 e. The molecule has 4 unspecified atom stereocenters. The number of phenolic OH excluding ortho intramolecular Hbond substituents is 1. The molecule has 1 aromatic carbocycles. The zero-order valence-corrected chi connectivity index (χ0v) is 20.1. The number of aliphatic carboxylic acids is 2. The Morgan fingerprint density at radius 1 is 0.861 bits per heavy atom. The molecule has 0 radical (unpaired) electrons. The summed E-state index contributed by atoms with van der Waals surface area (Å²) in [5.41, 5.74) is 11.9. The van der Waals surface area contributed by atoms with E-state index in [1.54, 1.807) is 12.1 Å². The van der Waals surface area contributed by atoms with Crippen LogP contribution in [-0.4, -0.2) is 75.7 Å². The van der Waals surface area contributed by atoms with Crippen molar-refractivity contribution >= 4 is 29.7 Å². The molecule has 0 aliphatic rings. The number of unbranched alkanes of at least 4 members (excludes halogenated alkanes) is 1. The fourth-order valence-corrected chi connectivity index (χ4v) is 3.18. The van der Waals surface area contributed by atoms with Crippen LogP contribution in [0, 0.1) is 0 Å². The summed E-state index contributed by atoms with van der Waals surface area (Å²) in [6, 6.07) is 1.24. The standard InChI is InChI=1S/C23H35N5O8/c1-13(23(35)36)26-21(33)17(4-2-3-11-24)27-22(34)18(12-14-5-7-15(29)8-6-14)28-20(32)16(25)9-10-19(30)31/h5-8,13,16-18,29H,2-4,9-12,24-25H2,1H3,(H,26,33)(H,27,34)(H,28,32)(H,30,31)(H,35,36). The van der Waals surface area contributed by atoms with Crippen LogP contribution in [0.5, 0.6) is 5.75 Å². The number of nitrogens with two attached hydrogens (primary N) is 2. The summed E-state index contributed by atoms with van der Waals surface area (Å²) in [6.07, 6.45) is 0.720. The van der Waals surface area contributed by atoms with Gasteiger partial charge >= 0.3 is 11.9 Å². The van der Waals surface area contributed by atoms with Crippen LogP contribution in [0.2, 0.25) is 0 Å². The van der Waals surface area contributed by atoms with Crippen LogP contribution in [0.15, 0.2) is 24.3 Å². The molecule has 0 spiro atoms. The maximum Gasteiger partial charge on any atom is 0.325 e. The van der Waals surface area contributed by atoms with Gasteiger partial charge < -0.3 is 42.7 Å². The van der Waals surface area contributed by atoms with Crippen molar-refractivity contribution in [2.75, 3.05) is 6.54 Å². The molecule has 0 saturated heterocycles. The van der Waals surface area contributed by atoms with E-state index < -0.39 is 53.8 Å². The lowest BCUT2D eigenvalue weighted by Crippen LogP contribution is -2.57. The normalized spacial score (nSPS) is 14.1. The number of carboxylic acid groups (broad SMARTS) is 2. The van der Waals surface area contributed by atoms with E-state index in [0.717, 1.165) is 0 Å². The first kappa shape index (κ1) is 30.3. The SMILES string of the molecule is CC(NC(=O)C(CCCCN)NC(=O)C(Cc1ccc(O)cc1)NC(=O)C(N)CCC(=O)O)C(=O)O. The van der Waals surface area contributed by atoms with Crippen molar-refractivity contribution in [2.45, 2.75) is 69.6 Å². The van der Waals surface area contributed by atoms with Crippen molar-refractivity contribution in [2.24, 2.45) is 11.5 Å². The van der Waals surface area contributed by atoms with Gasteiger partial charge in [0.1, 0.15) is 23.9 Å². The number of benzene rings is 1. The van der Waals surface area contributed by atoms with Gasteiger partial charge in [-0.05, 0) is 56.8 Å². The molecule has 0 aliphatic carbocycles. The van der Waals surface area contributed by atoms with E-state index in [0.29, 0.717) is 24.9 Å². The Morgan fingerprint density at radius 2 is 1.44 bits per heavy atom. The minimum absolute atomic E-state index is 0.00340. The molecule has 13 heteroatoms. The third-order valence-corrected chi connectivity index (χ3v) is 5.32. The smallest absolute Gasteiger partial charge is 0.325 e. The average molecular weight is 510 g/mol. The summed E-state index contributed by atoms with van der Waals surface area (Å²) in [4.78, 5) is 60.3. The number of phenols is 1. The van der Waals surface area contributed by atoms with Gasteiger partial charge in [-0.1, -0.05) is 12.1 Å². The Labute approximate surface area is 208 Å². The van der Waals surface area contributed by atoms with Crippen LogP contribution in [0.25, 0.3) is 0 Å². The summed E-state index contributed by atoms with van der Waals surface area (Å²) >= 11 is 0. The lowest BCUT2D eigenvalue weighted by atomic mass is 10.0. The topological polar surface area (TPSA) is 234 Å². The summed E-state index contributed by atoms with van der Waals surface area (Å²) in [7, 11) is 0. The first-order valence-corrected chi connectivity index (χ1v) is 11.5. The van der Waals surface area contributed by atoms with Crippen LogP contribution in [0.4, 0.5) is 0 Å². The van der Waals surface area contributed by atoms with Gasteiger partial charge in [-0.15, -0.1) is 0 Å². The molecule has 36 heavy (non-hydrogen) atoms. The molecule has 0 bridgehead atoms. The molecule has 10 N–H and O–H groups in total. The number of hydrogen-bond donors (Lipinski definition) is 8. The van der Waals surface area contributed by atoms with Gasteiger partial charge in [0.25, 0.3) is 0 Å². The van der Waals surface area contributed by atoms with Gasteiger partial charge in [0.15, 0.2) is 0 Å². The number of amides is 3. The Kier molecular flexibility index (Phi) is 12.9. The Bertz CT molecular complexity index is 908. The van der Waals surface area contributed by atoms with Gasteiger partial charge in [-0.3, -0.25) is 24.0 Å². The highest BCUT2D eigenvalue weighted by Gasteiger charge is 2.29. The number of aromatic hydroxyl groups is 1. The second kappa shape index (κ2) is 15.3. The Morgan fingerprint density at radius 3 is 2.00 bits per heavy atom. The quantitative estimate of drug-likeness (QED) is 0.124. The molecule has 0 saturated carbocycles. The number of carbonyl (C=O) groups excluding carboxylic acids is 3. The lowest BCUT2D eigenvalue weighted by Gasteiger charge is -2.25. The zero-order valence-electron chi connectivity index (χ0n) is 20.1. The molecule has 13 nitrogen and oxygen atoms in total. The zero-order chi connectivity index (χ0) is 27.3. The van der Waals surface area contributed by atoms with Gasteiger partial charge in [0.2, 0.25) is 17.7 Å². The highest BCUT2D eigenvalue weighted by Crippen LogP contribution is 2.12. The van der Waals surface area contributed by atoms with E-state index >= 15 is 0 Å². The van der Waals surface area contributed by atoms with Crippen LogP contribution < -0.4 is 27.4 Å². The molecule has 1 rings (SSSR count).